The van der Waals surface area contributed by atoms with Crippen molar-refractivity contribution in [2.24, 2.45) is 0 Å². The molecule has 23 heteroatoms. The van der Waals surface area contributed by atoms with Gasteiger partial charge in [-0.2, -0.15) is 0 Å². The molecular formula is C36H56O23. The Morgan fingerprint density at radius 2 is 1.41 bits per heavy atom. The standard InChI is InChI=1S/C36H56O23/c1-6-35(5,48)9-7-8-15(2)30(47)50-12-20-27(58-32-24(44)22(42)26(53-16(3)39)18(10-37)55-32)25(45)28(33(57-20)54-17(4)40)59-31-23(43)21(41)19(11-51-31)56-34-29(46)36(49,13-38)14-52-34/h6,8,18-29,31-34,37-38,41-46,48-49H,1,7,9-14H2,2-5H3. The van der Waals surface area contributed by atoms with E-state index in [2.05, 4.69) is 6.58 Å². The van der Waals surface area contributed by atoms with E-state index in [0.29, 0.717) is 0 Å². The summed E-state index contributed by atoms with van der Waals surface area (Å²) >= 11 is 0. The van der Waals surface area contributed by atoms with Gasteiger partial charge in [0.05, 0.1) is 32.0 Å². The fourth-order valence-corrected chi connectivity index (χ4v) is 6.54. The van der Waals surface area contributed by atoms with Gasteiger partial charge < -0.3 is 98.4 Å². The first kappa shape index (κ1) is 48.9. The van der Waals surface area contributed by atoms with Crippen LogP contribution in [0.5, 0.6) is 0 Å². The largest absolute Gasteiger partial charge is 0.459 e. The van der Waals surface area contributed by atoms with Crippen molar-refractivity contribution in [3.05, 3.63) is 24.3 Å². The molecule has 59 heavy (non-hydrogen) atoms. The predicted molar refractivity (Wildman–Crippen MR) is 189 cm³/mol. The maximum Gasteiger partial charge on any atom is 0.333 e. The normalized spacial score (nSPS) is 41.4. The van der Waals surface area contributed by atoms with Crippen LogP contribution in [0.1, 0.15) is 40.5 Å². The van der Waals surface area contributed by atoms with Gasteiger partial charge in [0.15, 0.2) is 31.1 Å². The minimum atomic E-state index is -2.06. The van der Waals surface area contributed by atoms with Gasteiger partial charge >= 0.3 is 17.9 Å². The minimum Gasteiger partial charge on any atom is -0.459 e. The van der Waals surface area contributed by atoms with Crippen molar-refractivity contribution in [3.8, 4) is 0 Å². The average molecular weight is 857 g/mol. The molecule has 0 aliphatic carbocycles. The number of carbonyl (C=O) groups excluding carboxylic acids is 3. The lowest BCUT2D eigenvalue weighted by atomic mass is 9.96. The highest BCUT2D eigenvalue weighted by Gasteiger charge is 2.56. The third-order valence-corrected chi connectivity index (χ3v) is 10.2. The van der Waals surface area contributed by atoms with Crippen LogP contribution >= 0.6 is 0 Å². The molecule has 0 amide bonds. The summed E-state index contributed by atoms with van der Waals surface area (Å²) in [6.07, 6.45) is -25.1. The molecule has 4 heterocycles. The Morgan fingerprint density at radius 1 is 0.780 bits per heavy atom. The first-order valence-electron chi connectivity index (χ1n) is 18.7. The number of hydrogen-bond acceptors (Lipinski definition) is 23. The van der Waals surface area contributed by atoms with E-state index in [1.165, 1.54) is 26.0 Å². The van der Waals surface area contributed by atoms with Gasteiger partial charge in [0.2, 0.25) is 6.29 Å². The molecule has 0 aromatic carbocycles. The van der Waals surface area contributed by atoms with Crippen molar-refractivity contribution < 1.29 is 113 Å². The van der Waals surface area contributed by atoms with Gasteiger partial charge in [-0.3, -0.25) is 9.59 Å². The van der Waals surface area contributed by atoms with Gasteiger partial charge in [-0.15, -0.1) is 6.58 Å². The van der Waals surface area contributed by atoms with Crippen LogP contribution in [0.15, 0.2) is 24.3 Å². The van der Waals surface area contributed by atoms with Gasteiger partial charge in [0.1, 0.15) is 73.2 Å². The van der Waals surface area contributed by atoms with Crippen LogP contribution in [-0.2, 0) is 61.8 Å². The number of ether oxygens (including phenoxy) is 10. The Labute approximate surface area is 338 Å². The van der Waals surface area contributed by atoms with E-state index < -0.39 is 161 Å². The Bertz CT molecular complexity index is 1460. The van der Waals surface area contributed by atoms with Crippen LogP contribution < -0.4 is 0 Å². The van der Waals surface area contributed by atoms with E-state index in [4.69, 9.17) is 47.4 Å². The van der Waals surface area contributed by atoms with Gasteiger partial charge in [0, 0.05) is 19.4 Å². The fourth-order valence-electron chi connectivity index (χ4n) is 6.54. The number of aliphatic hydroxyl groups is 10. The smallest absolute Gasteiger partial charge is 0.333 e. The Balaban J connectivity index is 1.57. The fraction of sp³-hybridized carbons (Fsp3) is 0.806. The number of esters is 3. The van der Waals surface area contributed by atoms with Crippen molar-refractivity contribution in [2.45, 2.75) is 150 Å². The molecule has 18 atom stereocenters. The van der Waals surface area contributed by atoms with Crippen molar-refractivity contribution in [2.75, 3.05) is 33.0 Å². The lowest BCUT2D eigenvalue weighted by molar-refractivity contribution is -0.379. The second kappa shape index (κ2) is 20.9. The molecule has 0 bridgehead atoms. The quantitative estimate of drug-likeness (QED) is 0.0283. The van der Waals surface area contributed by atoms with Crippen molar-refractivity contribution >= 4 is 17.9 Å². The molecular weight excluding hydrogens is 800 g/mol. The van der Waals surface area contributed by atoms with Crippen LogP contribution in [-0.4, -0.2) is 212 Å². The molecule has 0 aromatic heterocycles. The maximum absolute atomic E-state index is 13.0. The molecule has 338 valence electrons. The molecule has 0 spiro atoms. The highest BCUT2D eigenvalue weighted by Crippen LogP contribution is 2.35. The van der Waals surface area contributed by atoms with Crippen LogP contribution in [0.2, 0.25) is 0 Å². The Hall–Kier alpha value is -2.79. The molecule has 4 fully saturated rings. The Morgan fingerprint density at radius 3 is 2.00 bits per heavy atom. The van der Waals surface area contributed by atoms with Gasteiger partial charge in [0.25, 0.3) is 0 Å². The molecule has 10 N–H and O–H groups in total. The first-order chi connectivity index (χ1) is 27.7. The summed E-state index contributed by atoms with van der Waals surface area (Å²) in [7, 11) is 0. The second-order valence-corrected chi connectivity index (χ2v) is 15.0. The van der Waals surface area contributed by atoms with Crippen molar-refractivity contribution in [1.82, 2.24) is 0 Å². The average Bonchev–Trinajstić information content (AvgIpc) is 3.47. The van der Waals surface area contributed by atoms with Crippen LogP contribution in [0.3, 0.4) is 0 Å². The number of rotatable bonds is 17. The molecule has 4 aliphatic rings. The number of carbonyl (C=O) groups is 3. The van der Waals surface area contributed by atoms with Crippen LogP contribution in [0.25, 0.3) is 0 Å². The topological polar surface area (TPSA) is 346 Å². The molecule has 23 nitrogen and oxygen atoms in total. The van der Waals surface area contributed by atoms with E-state index in [1.807, 2.05) is 0 Å². The molecule has 0 radical (unpaired) electrons. The summed E-state index contributed by atoms with van der Waals surface area (Å²) in [4.78, 5) is 36.9. The lowest BCUT2D eigenvalue weighted by Crippen LogP contribution is -2.67. The van der Waals surface area contributed by atoms with Crippen LogP contribution in [0.4, 0.5) is 0 Å². The maximum atomic E-state index is 13.0. The summed E-state index contributed by atoms with van der Waals surface area (Å²) in [6, 6.07) is 0. The van der Waals surface area contributed by atoms with Crippen LogP contribution in [0, 0.1) is 0 Å². The predicted octanol–water partition coefficient (Wildman–Crippen LogP) is -5.11. The molecule has 4 aliphatic heterocycles. The molecule has 0 aromatic rings. The monoisotopic (exact) mass is 856 g/mol. The van der Waals surface area contributed by atoms with Gasteiger partial charge in [-0.25, -0.2) is 4.79 Å². The zero-order valence-electron chi connectivity index (χ0n) is 32.8. The Kier molecular flexibility index (Phi) is 17.3. The van der Waals surface area contributed by atoms with Crippen molar-refractivity contribution in [3.63, 3.8) is 0 Å². The van der Waals surface area contributed by atoms with E-state index in [0.717, 1.165) is 13.8 Å². The third-order valence-electron chi connectivity index (χ3n) is 10.2. The van der Waals surface area contributed by atoms with Crippen molar-refractivity contribution in [1.29, 1.82) is 0 Å². The highest BCUT2D eigenvalue weighted by molar-refractivity contribution is 5.87. The number of aliphatic hydroxyl groups excluding tert-OH is 8. The van der Waals surface area contributed by atoms with Gasteiger partial charge in [-0.05, 0) is 26.7 Å². The molecule has 4 rings (SSSR count). The SMILES string of the molecule is C=CC(C)(O)CCC=C(C)C(=O)OCC1OC(OC(C)=O)C(OC2OCC(OC3OCC(O)(CO)C3O)C(O)C2O)C(O)C1OC1OC(CO)C(OC(C)=O)C(O)C1O. The lowest BCUT2D eigenvalue weighted by Gasteiger charge is -2.48. The zero-order chi connectivity index (χ0) is 44.0. The number of hydrogen-bond donors (Lipinski definition) is 10. The number of allylic oxidation sites excluding steroid dienone is 1. The van der Waals surface area contributed by atoms with E-state index >= 15 is 0 Å². The summed E-state index contributed by atoms with van der Waals surface area (Å²) < 4.78 is 55.2. The summed E-state index contributed by atoms with van der Waals surface area (Å²) in [6.45, 7) is 4.99. The summed E-state index contributed by atoms with van der Waals surface area (Å²) in [5.41, 5.74) is -3.16. The van der Waals surface area contributed by atoms with E-state index in [-0.39, 0.29) is 18.4 Å². The summed E-state index contributed by atoms with van der Waals surface area (Å²) in [5.74, 6) is -2.72. The molecule has 4 saturated heterocycles. The third kappa shape index (κ3) is 12.0. The zero-order valence-corrected chi connectivity index (χ0v) is 32.8. The molecule has 18 unspecified atom stereocenters. The first-order valence-corrected chi connectivity index (χ1v) is 18.7. The van der Waals surface area contributed by atoms with E-state index in [1.54, 1.807) is 0 Å². The van der Waals surface area contributed by atoms with Gasteiger partial charge in [-0.1, -0.05) is 12.2 Å². The minimum absolute atomic E-state index is 0.107. The second-order valence-electron chi connectivity index (χ2n) is 15.0. The summed E-state index contributed by atoms with van der Waals surface area (Å²) in [5, 5.41) is 106. The van der Waals surface area contributed by atoms with E-state index in [9.17, 15) is 65.4 Å². The highest BCUT2D eigenvalue weighted by atomic mass is 16.8. The molecule has 0 saturated carbocycles.